The van der Waals surface area contributed by atoms with Crippen molar-refractivity contribution in [3.8, 4) is 11.5 Å². The zero-order chi connectivity index (χ0) is 24.4. The van der Waals surface area contributed by atoms with E-state index < -0.39 is 12.0 Å². The van der Waals surface area contributed by atoms with Crippen LogP contribution >= 0.6 is 11.3 Å². The molecule has 34 heavy (non-hydrogen) atoms. The number of aromatic nitrogens is 1. The first kappa shape index (κ1) is 23.5. The van der Waals surface area contributed by atoms with Crippen molar-refractivity contribution in [2.75, 3.05) is 6.61 Å². The molecule has 0 saturated heterocycles. The van der Waals surface area contributed by atoms with Crippen LogP contribution in [0.15, 0.2) is 69.6 Å². The molecule has 0 fully saturated rings. The number of hydrogen-bond donors (Lipinski definition) is 1. The van der Waals surface area contributed by atoms with Crippen LogP contribution in [0, 0.1) is 0 Å². The molecule has 3 aromatic rings. The van der Waals surface area contributed by atoms with Crippen molar-refractivity contribution in [3.05, 3.63) is 90.6 Å². The number of phenols is 1. The summed E-state index contributed by atoms with van der Waals surface area (Å²) in [5.41, 5.74) is 2.01. The summed E-state index contributed by atoms with van der Waals surface area (Å²) in [7, 11) is 0. The molecular formula is C26H26N2O5S. The number of carbonyl (C=O) groups excluding carboxylic acids is 1. The summed E-state index contributed by atoms with van der Waals surface area (Å²) >= 11 is 1.24. The predicted octanol–water partition coefficient (Wildman–Crippen LogP) is 3.29. The molecule has 1 aromatic heterocycles. The smallest absolute Gasteiger partial charge is 0.338 e. The molecule has 7 nitrogen and oxygen atoms in total. The van der Waals surface area contributed by atoms with Crippen LogP contribution in [0.2, 0.25) is 0 Å². The largest absolute Gasteiger partial charge is 0.508 e. The second-order valence-corrected chi connectivity index (χ2v) is 9.14. The van der Waals surface area contributed by atoms with Gasteiger partial charge in [-0.05, 0) is 69.2 Å². The number of benzene rings is 2. The number of esters is 1. The third-order valence-electron chi connectivity index (χ3n) is 5.25. The van der Waals surface area contributed by atoms with E-state index in [9.17, 15) is 14.7 Å². The number of phenolic OH excluding ortho intramolecular Hbond substituents is 1. The van der Waals surface area contributed by atoms with Gasteiger partial charge in [0.1, 0.15) is 11.5 Å². The Morgan fingerprint density at radius 3 is 2.62 bits per heavy atom. The van der Waals surface area contributed by atoms with E-state index in [4.69, 9.17) is 9.47 Å². The molecule has 8 heteroatoms. The van der Waals surface area contributed by atoms with Crippen molar-refractivity contribution in [1.29, 1.82) is 0 Å². The Morgan fingerprint density at radius 1 is 1.24 bits per heavy atom. The number of aromatic hydroxyl groups is 1. The quantitative estimate of drug-likeness (QED) is 0.549. The van der Waals surface area contributed by atoms with Crippen molar-refractivity contribution < 1.29 is 19.4 Å². The molecule has 1 N–H and O–H groups in total. The highest BCUT2D eigenvalue weighted by Crippen LogP contribution is 2.31. The zero-order valence-electron chi connectivity index (χ0n) is 19.4. The lowest BCUT2D eigenvalue weighted by molar-refractivity contribution is -0.139. The van der Waals surface area contributed by atoms with Crippen molar-refractivity contribution in [2.24, 2.45) is 4.99 Å². The molecule has 0 aliphatic carbocycles. The molecule has 0 bridgehead atoms. The van der Waals surface area contributed by atoms with Gasteiger partial charge in [0.2, 0.25) is 0 Å². The average Bonchev–Trinajstić information content (AvgIpc) is 3.07. The number of thiazole rings is 1. The molecule has 0 amide bonds. The molecule has 1 atom stereocenters. The number of allylic oxidation sites excluding steroid dienone is 1. The van der Waals surface area contributed by atoms with Crippen molar-refractivity contribution in [1.82, 2.24) is 4.57 Å². The van der Waals surface area contributed by atoms with Crippen LogP contribution in [0.3, 0.4) is 0 Å². The lowest BCUT2D eigenvalue weighted by Gasteiger charge is -2.25. The average molecular weight is 479 g/mol. The van der Waals surface area contributed by atoms with E-state index >= 15 is 0 Å². The van der Waals surface area contributed by atoms with Crippen LogP contribution < -0.4 is 19.6 Å². The van der Waals surface area contributed by atoms with E-state index in [0.29, 0.717) is 31.9 Å². The SMILES string of the molecule is CCOC(=O)C1=C(C)N=c2s/c(=C\c3cccc(O)c3)c(=O)n2[C@@H]1c1ccc(OC(C)C)cc1. The van der Waals surface area contributed by atoms with E-state index in [1.54, 1.807) is 44.2 Å². The van der Waals surface area contributed by atoms with E-state index in [1.807, 2.05) is 38.1 Å². The first-order chi connectivity index (χ1) is 16.3. The fraction of sp³-hybridized carbons (Fsp3) is 0.269. The van der Waals surface area contributed by atoms with E-state index in [0.717, 1.165) is 5.56 Å². The maximum atomic E-state index is 13.6. The Balaban J connectivity index is 1.90. The number of carbonyl (C=O) groups is 1. The molecular weight excluding hydrogens is 452 g/mol. The summed E-state index contributed by atoms with van der Waals surface area (Å²) in [6, 6.07) is 13.3. The summed E-state index contributed by atoms with van der Waals surface area (Å²) < 4.78 is 13.1. The van der Waals surface area contributed by atoms with Crippen LogP contribution in [-0.2, 0) is 9.53 Å². The van der Waals surface area contributed by atoms with Crippen LogP contribution in [0.5, 0.6) is 11.5 Å². The highest BCUT2D eigenvalue weighted by Gasteiger charge is 2.33. The monoisotopic (exact) mass is 478 g/mol. The normalized spacial score (nSPS) is 15.8. The maximum absolute atomic E-state index is 13.6. The minimum absolute atomic E-state index is 0.0261. The van der Waals surface area contributed by atoms with Gasteiger partial charge in [-0.25, -0.2) is 9.79 Å². The van der Waals surface area contributed by atoms with Gasteiger partial charge in [-0.15, -0.1) is 0 Å². The Bertz CT molecular complexity index is 1430. The number of nitrogens with zero attached hydrogens (tertiary/aromatic N) is 2. The standard InChI is InChI=1S/C26H26N2O5S/c1-5-32-25(31)22-16(4)27-26-28(23(22)18-9-11-20(12-10-18)33-15(2)3)24(30)21(34-26)14-17-7-6-8-19(29)13-17/h6-15,23,29H,5H2,1-4H3/b21-14-/t23-/m1/s1. The lowest BCUT2D eigenvalue weighted by Crippen LogP contribution is -2.39. The Labute approximate surface area is 200 Å². The first-order valence-corrected chi connectivity index (χ1v) is 11.9. The van der Waals surface area contributed by atoms with E-state index in [2.05, 4.69) is 4.99 Å². The van der Waals surface area contributed by atoms with Crippen molar-refractivity contribution >= 4 is 23.4 Å². The molecule has 0 saturated carbocycles. The number of ether oxygens (including phenoxy) is 2. The first-order valence-electron chi connectivity index (χ1n) is 11.0. The van der Waals surface area contributed by atoms with Gasteiger partial charge in [0, 0.05) is 0 Å². The zero-order valence-corrected chi connectivity index (χ0v) is 20.3. The lowest BCUT2D eigenvalue weighted by atomic mass is 9.96. The van der Waals surface area contributed by atoms with Gasteiger partial charge in [-0.2, -0.15) is 0 Å². The Morgan fingerprint density at radius 2 is 1.97 bits per heavy atom. The van der Waals surface area contributed by atoms with E-state index in [-0.39, 0.29) is 24.0 Å². The van der Waals surface area contributed by atoms with Gasteiger partial charge in [0.05, 0.1) is 34.6 Å². The highest BCUT2D eigenvalue weighted by atomic mass is 32.1. The second kappa shape index (κ2) is 9.69. The summed E-state index contributed by atoms with van der Waals surface area (Å²) in [6.07, 6.45) is 1.74. The molecule has 0 unspecified atom stereocenters. The highest BCUT2D eigenvalue weighted by molar-refractivity contribution is 7.07. The van der Waals surface area contributed by atoms with Gasteiger partial charge in [-0.3, -0.25) is 9.36 Å². The number of rotatable bonds is 6. The van der Waals surface area contributed by atoms with Gasteiger partial charge < -0.3 is 14.6 Å². The Kier molecular flexibility index (Phi) is 6.70. The summed E-state index contributed by atoms with van der Waals surface area (Å²) in [5, 5.41) is 9.78. The summed E-state index contributed by atoms with van der Waals surface area (Å²) in [6.45, 7) is 7.60. The molecule has 0 spiro atoms. The van der Waals surface area contributed by atoms with Crippen molar-refractivity contribution in [2.45, 2.75) is 39.8 Å². The topological polar surface area (TPSA) is 90.1 Å². The molecule has 2 heterocycles. The summed E-state index contributed by atoms with van der Waals surface area (Å²) in [4.78, 5) is 31.6. The number of hydrogen-bond acceptors (Lipinski definition) is 7. The minimum Gasteiger partial charge on any atom is -0.508 e. The summed E-state index contributed by atoms with van der Waals surface area (Å²) in [5.74, 6) is 0.315. The van der Waals surface area contributed by atoms with Gasteiger partial charge in [0.15, 0.2) is 4.80 Å². The predicted molar refractivity (Wildman–Crippen MR) is 131 cm³/mol. The van der Waals surface area contributed by atoms with Crippen LogP contribution in [0.4, 0.5) is 0 Å². The molecule has 1 aliphatic rings. The molecule has 2 aromatic carbocycles. The second-order valence-electron chi connectivity index (χ2n) is 8.13. The number of fused-ring (bicyclic) bond motifs is 1. The maximum Gasteiger partial charge on any atom is 0.338 e. The van der Waals surface area contributed by atoms with Gasteiger partial charge in [-0.1, -0.05) is 35.6 Å². The molecule has 4 rings (SSSR count). The van der Waals surface area contributed by atoms with E-state index in [1.165, 1.54) is 15.9 Å². The fourth-order valence-corrected chi connectivity index (χ4v) is 4.92. The third-order valence-corrected chi connectivity index (χ3v) is 6.24. The van der Waals surface area contributed by atoms with Crippen molar-refractivity contribution in [3.63, 3.8) is 0 Å². The third kappa shape index (κ3) is 4.68. The van der Waals surface area contributed by atoms with Crippen LogP contribution in [0.25, 0.3) is 6.08 Å². The molecule has 0 radical (unpaired) electrons. The molecule has 176 valence electrons. The van der Waals surface area contributed by atoms with Gasteiger partial charge >= 0.3 is 5.97 Å². The van der Waals surface area contributed by atoms with Gasteiger partial charge in [0.25, 0.3) is 5.56 Å². The minimum atomic E-state index is -0.685. The fourth-order valence-electron chi connectivity index (χ4n) is 3.87. The molecule has 1 aliphatic heterocycles. The Hall–Kier alpha value is -3.65. The van der Waals surface area contributed by atoms with Crippen LogP contribution in [-0.4, -0.2) is 28.4 Å². The van der Waals surface area contributed by atoms with Crippen LogP contribution in [0.1, 0.15) is 44.9 Å².